The summed E-state index contributed by atoms with van der Waals surface area (Å²) in [7, 11) is 3.97. The van der Waals surface area contributed by atoms with Gasteiger partial charge in [0.05, 0.1) is 0 Å². The number of benzene rings is 1. The molecule has 0 saturated carbocycles. The van der Waals surface area contributed by atoms with E-state index in [2.05, 4.69) is 61.4 Å². The number of nitrogens with zero attached hydrogens (tertiary/aromatic N) is 1. The van der Waals surface area contributed by atoms with E-state index in [9.17, 15) is 0 Å². The molecule has 21 heavy (non-hydrogen) atoms. The Hall–Kier alpha value is -0.900. The molecule has 1 rings (SSSR count). The minimum atomic E-state index is 0.427. The van der Waals surface area contributed by atoms with Crippen LogP contribution in [0.4, 0.5) is 0 Å². The van der Waals surface area contributed by atoms with E-state index in [1.165, 1.54) is 12.0 Å². The molecule has 0 aliphatic heterocycles. The monoisotopic (exact) mass is 292 g/mol. The molecule has 0 bridgehead atoms. The normalized spacial score (nSPS) is 14.3. The third-order valence-electron chi connectivity index (χ3n) is 3.83. The Balaban J connectivity index is 2.57. The molecular formula is C18H32N2O. The van der Waals surface area contributed by atoms with E-state index < -0.39 is 0 Å². The van der Waals surface area contributed by atoms with Crippen LogP contribution >= 0.6 is 0 Å². The predicted octanol–water partition coefficient (Wildman–Crippen LogP) is 3.33. The molecule has 2 atom stereocenters. The van der Waals surface area contributed by atoms with E-state index in [1.807, 2.05) is 0 Å². The van der Waals surface area contributed by atoms with Crippen molar-refractivity contribution in [2.45, 2.75) is 32.7 Å². The van der Waals surface area contributed by atoms with Crippen molar-refractivity contribution < 1.29 is 4.74 Å². The van der Waals surface area contributed by atoms with Gasteiger partial charge in [-0.1, -0.05) is 44.2 Å². The Bertz CT molecular complexity index is 355. The first-order valence-corrected chi connectivity index (χ1v) is 8.14. The minimum absolute atomic E-state index is 0.427. The molecule has 0 aliphatic rings. The number of ether oxygens (including phenoxy) is 1. The van der Waals surface area contributed by atoms with Crippen LogP contribution in [0.1, 0.15) is 38.3 Å². The van der Waals surface area contributed by atoms with Crippen molar-refractivity contribution in [3.8, 4) is 0 Å². The van der Waals surface area contributed by atoms with Crippen molar-refractivity contribution in [1.29, 1.82) is 0 Å². The van der Waals surface area contributed by atoms with Gasteiger partial charge in [0, 0.05) is 32.8 Å². The number of hydrogen-bond acceptors (Lipinski definition) is 3. The molecule has 0 spiro atoms. The quantitative estimate of drug-likeness (QED) is 0.633. The van der Waals surface area contributed by atoms with Crippen LogP contribution in [0.25, 0.3) is 0 Å². The highest BCUT2D eigenvalue weighted by atomic mass is 16.5. The SMILES string of the molecule is CCCNC(c1ccccc1)C(C)CN(C)CCCOC. The van der Waals surface area contributed by atoms with E-state index in [-0.39, 0.29) is 0 Å². The molecule has 0 heterocycles. The summed E-state index contributed by atoms with van der Waals surface area (Å²) in [5, 5.41) is 3.71. The average Bonchev–Trinajstić information content (AvgIpc) is 2.49. The molecule has 1 N–H and O–H groups in total. The summed E-state index contributed by atoms with van der Waals surface area (Å²) in [5.41, 5.74) is 1.39. The lowest BCUT2D eigenvalue weighted by atomic mass is 9.94. The van der Waals surface area contributed by atoms with E-state index in [1.54, 1.807) is 7.11 Å². The standard InChI is InChI=1S/C18H32N2O/c1-5-12-19-18(17-10-7-6-8-11-17)16(2)15-20(3)13-9-14-21-4/h6-8,10-11,16,18-19H,5,9,12-15H2,1-4H3. The molecule has 0 amide bonds. The first-order chi connectivity index (χ1) is 10.2. The summed E-state index contributed by atoms with van der Waals surface area (Å²) < 4.78 is 5.13. The first kappa shape index (κ1) is 18.1. The zero-order chi connectivity index (χ0) is 15.5. The van der Waals surface area contributed by atoms with Gasteiger partial charge >= 0.3 is 0 Å². The zero-order valence-electron chi connectivity index (χ0n) is 14.1. The zero-order valence-corrected chi connectivity index (χ0v) is 14.1. The molecule has 0 aromatic heterocycles. The fourth-order valence-corrected chi connectivity index (χ4v) is 2.77. The number of rotatable bonds is 11. The summed E-state index contributed by atoms with van der Waals surface area (Å²) >= 11 is 0. The maximum Gasteiger partial charge on any atom is 0.0474 e. The molecule has 2 unspecified atom stereocenters. The molecular weight excluding hydrogens is 260 g/mol. The Morgan fingerprint density at radius 3 is 2.57 bits per heavy atom. The van der Waals surface area contributed by atoms with Gasteiger partial charge in [-0.3, -0.25) is 0 Å². The molecule has 120 valence electrons. The van der Waals surface area contributed by atoms with Crippen LogP contribution < -0.4 is 5.32 Å². The van der Waals surface area contributed by atoms with Crippen LogP contribution in [0, 0.1) is 5.92 Å². The summed E-state index contributed by atoms with van der Waals surface area (Å²) in [5.74, 6) is 0.575. The number of methoxy groups -OCH3 is 1. The van der Waals surface area contributed by atoms with Crippen LogP contribution in [0.3, 0.4) is 0 Å². The van der Waals surface area contributed by atoms with E-state index >= 15 is 0 Å². The molecule has 3 heteroatoms. The van der Waals surface area contributed by atoms with Crippen molar-refractivity contribution in [2.24, 2.45) is 5.92 Å². The number of nitrogens with one attached hydrogen (secondary N) is 1. The van der Waals surface area contributed by atoms with Gasteiger partial charge in [0.1, 0.15) is 0 Å². The molecule has 3 nitrogen and oxygen atoms in total. The second-order valence-corrected chi connectivity index (χ2v) is 5.93. The molecule has 1 aromatic rings. The fraction of sp³-hybridized carbons (Fsp3) is 0.667. The van der Waals surface area contributed by atoms with Gasteiger partial charge in [0.15, 0.2) is 0 Å². The predicted molar refractivity (Wildman–Crippen MR) is 90.6 cm³/mol. The highest BCUT2D eigenvalue weighted by Gasteiger charge is 2.19. The summed E-state index contributed by atoms with van der Waals surface area (Å²) in [6.45, 7) is 8.66. The van der Waals surface area contributed by atoms with Gasteiger partial charge in [0.25, 0.3) is 0 Å². The molecule has 0 saturated heterocycles. The Morgan fingerprint density at radius 1 is 1.24 bits per heavy atom. The maximum atomic E-state index is 5.13. The van der Waals surface area contributed by atoms with Crippen LogP contribution in [0.2, 0.25) is 0 Å². The first-order valence-electron chi connectivity index (χ1n) is 8.14. The van der Waals surface area contributed by atoms with Crippen molar-refractivity contribution in [2.75, 3.05) is 40.4 Å². The van der Waals surface area contributed by atoms with Crippen molar-refractivity contribution in [3.63, 3.8) is 0 Å². The molecule has 0 fully saturated rings. The lowest BCUT2D eigenvalue weighted by molar-refractivity contribution is 0.171. The van der Waals surface area contributed by atoms with Gasteiger partial charge < -0.3 is 15.0 Å². The smallest absolute Gasteiger partial charge is 0.0474 e. The topological polar surface area (TPSA) is 24.5 Å². The van der Waals surface area contributed by atoms with Crippen molar-refractivity contribution in [1.82, 2.24) is 10.2 Å². The Kier molecular flexibility index (Phi) is 9.31. The maximum absolute atomic E-state index is 5.13. The Labute approximate surface area is 130 Å². The largest absolute Gasteiger partial charge is 0.385 e. The highest BCUT2D eigenvalue weighted by molar-refractivity contribution is 5.19. The summed E-state index contributed by atoms with van der Waals surface area (Å²) in [6.07, 6.45) is 2.26. The van der Waals surface area contributed by atoms with Crippen molar-refractivity contribution in [3.05, 3.63) is 35.9 Å². The van der Waals surface area contributed by atoms with Crippen LogP contribution in [-0.2, 0) is 4.74 Å². The van der Waals surface area contributed by atoms with Crippen molar-refractivity contribution >= 4 is 0 Å². The van der Waals surface area contributed by atoms with Crippen LogP contribution in [0.5, 0.6) is 0 Å². The van der Waals surface area contributed by atoms with Crippen LogP contribution in [-0.4, -0.2) is 45.3 Å². The average molecular weight is 292 g/mol. The van der Waals surface area contributed by atoms with E-state index in [0.29, 0.717) is 12.0 Å². The summed E-state index contributed by atoms with van der Waals surface area (Å²) in [4.78, 5) is 2.41. The van der Waals surface area contributed by atoms with Crippen LogP contribution in [0.15, 0.2) is 30.3 Å². The number of hydrogen-bond donors (Lipinski definition) is 1. The lowest BCUT2D eigenvalue weighted by Gasteiger charge is -2.29. The van der Waals surface area contributed by atoms with Gasteiger partial charge in [-0.25, -0.2) is 0 Å². The molecule has 1 aromatic carbocycles. The molecule has 0 radical (unpaired) electrons. The Morgan fingerprint density at radius 2 is 1.95 bits per heavy atom. The third-order valence-corrected chi connectivity index (χ3v) is 3.83. The second kappa shape index (κ2) is 10.8. The lowest BCUT2D eigenvalue weighted by Crippen LogP contribution is -2.35. The molecule has 0 aliphatic carbocycles. The van der Waals surface area contributed by atoms with Gasteiger partial charge in [-0.15, -0.1) is 0 Å². The van der Waals surface area contributed by atoms with Gasteiger partial charge in [-0.2, -0.15) is 0 Å². The highest BCUT2D eigenvalue weighted by Crippen LogP contribution is 2.22. The fourth-order valence-electron chi connectivity index (χ4n) is 2.77. The third kappa shape index (κ3) is 7.07. The van der Waals surface area contributed by atoms with E-state index in [0.717, 1.165) is 32.7 Å². The summed E-state index contributed by atoms with van der Waals surface area (Å²) in [6, 6.07) is 11.2. The second-order valence-electron chi connectivity index (χ2n) is 5.93. The minimum Gasteiger partial charge on any atom is -0.385 e. The van der Waals surface area contributed by atoms with Gasteiger partial charge in [0.2, 0.25) is 0 Å². The van der Waals surface area contributed by atoms with E-state index in [4.69, 9.17) is 4.74 Å². The van der Waals surface area contributed by atoms with Gasteiger partial charge in [-0.05, 0) is 37.9 Å².